The predicted octanol–water partition coefficient (Wildman–Crippen LogP) is 2.22. The Labute approximate surface area is 141 Å². The Kier molecular flexibility index (Phi) is 5.40. The third-order valence-corrected chi connectivity index (χ3v) is 5.33. The Morgan fingerprint density at radius 1 is 1.17 bits per heavy atom. The molecule has 0 radical (unpaired) electrons. The Morgan fingerprint density at radius 3 is 2.33 bits per heavy atom. The van der Waals surface area contributed by atoms with E-state index in [0.717, 1.165) is 16.8 Å². The molecule has 0 spiro atoms. The van der Waals surface area contributed by atoms with E-state index in [2.05, 4.69) is 15.2 Å². The van der Waals surface area contributed by atoms with Gasteiger partial charge in [0.2, 0.25) is 15.9 Å². The van der Waals surface area contributed by atoms with Crippen molar-refractivity contribution in [2.75, 3.05) is 11.9 Å². The number of nitrogens with one attached hydrogen (secondary N) is 2. The molecule has 7 nitrogen and oxygen atoms in total. The molecule has 2 aromatic rings. The van der Waals surface area contributed by atoms with Crippen LogP contribution in [0.3, 0.4) is 0 Å². The minimum atomic E-state index is -3.75. The number of aromatic nitrogens is 1. The fourth-order valence-corrected chi connectivity index (χ4v) is 3.80. The lowest BCUT2D eigenvalue weighted by Crippen LogP contribution is -2.28. The highest BCUT2D eigenvalue weighted by Gasteiger charge is 2.23. The number of hydrogen-bond acceptors (Lipinski definition) is 5. The van der Waals surface area contributed by atoms with Gasteiger partial charge in [-0.1, -0.05) is 23.4 Å². The molecular formula is C16H21N3O4S. The molecule has 0 aliphatic rings. The predicted molar refractivity (Wildman–Crippen MR) is 90.3 cm³/mol. The van der Waals surface area contributed by atoms with Crippen LogP contribution in [0, 0.1) is 27.7 Å². The van der Waals surface area contributed by atoms with Gasteiger partial charge in [0.05, 0.1) is 0 Å². The van der Waals surface area contributed by atoms with E-state index in [9.17, 15) is 13.2 Å². The zero-order chi connectivity index (χ0) is 17.9. The molecule has 0 saturated heterocycles. The number of para-hydroxylation sites is 1. The van der Waals surface area contributed by atoms with E-state index in [1.165, 1.54) is 6.92 Å². The van der Waals surface area contributed by atoms with E-state index in [-0.39, 0.29) is 29.5 Å². The van der Waals surface area contributed by atoms with Crippen molar-refractivity contribution in [3.63, 3.8) is 0 Å². The molecule has 0 atom stereocenters. The normalized spacial score (nSPS) is 11.5. The van der Waals surface area contributed by atoms with Crippen LogP contribution in [0.25, 0.3) is 0 Å². The molecule has 0 aliphatic carbocycles. The lowest BCUT2D eigenvalue weighted by molar-refractivity contribution is -0.116. The van der Waals surface area contributed by atoms with Crippen molar-refractivity contribution in [2.24, 2.45) is 0 Å². The van der Waals surface area contributed by atoms with Crippen LogP contribution in [0.4, 0.5) is 5.69 Å². The molecule has 0 saturated carbocycles. The van der Waals surface area contributed by atoms with Gasteiger partial charge in [0, 0.05) is 18.7 Å². The molecule has 2 rings (SSSR count). The summed E-state index contributed by atoms with van der Waals surface area (Å²) in [5.74, 6) is -0.0335. The van der Waals surface area contributed by atoms with Gasteiger partial charge < -0.3 is 9.84 Å². The highest BCUT2D eigenvalue weighted by atomic mass is 32.2. The maximum Gasteiger partial charge on any atom is 0.245 e. The molecule has 1 amide bonds. The largest absolute Gasteiger partial charge is 0.360 e. The summed E-state index contributed by atoms with van der Waals surface area (Å²) >= 11 is 0. The Morgan fingerprint density at radius 2 is 1.79 bits per heavy atom. The van der Waals surface area contributed by atoms with Crippen molar-refractivity contribution in [3.05, 3.63) is 40.8 Å². The van der Waals surface area contributed by atoms with Crippen molar-refractivity contribution in [1.82, 2.24) is 9.88 Å². The maximum atomic E-state index is 12.2. The maximum absolute atomic E-state index is 12.2. The third-order valence-electron chi connectivity index (χ3n) is 3.63. The van der Waals surface area contributed by atoms with Crippen LogP contribution < -0.4 is 10.0 Å². The number of nitrogens with zero attached hydrogens (tertiary/aromatic N) is 1. The molecule has 0 fully saturated rings. The number of benzene rings is 1. The van der Waals surface area contributed by atoms with Crippen LogP contribution in [0.5, 0.6) is 0 Å². The molecule has 1 heterocycles. The van der Waals surface area contributed by atoms with E-state index >= 15 is 0 Å². The van der Waals surface area contributed by atoms with Crippen molar-refractivity contribution >= 4 is 21.6 Å². The third kappa shape index (κ3) is 4.01. The van der Waals surface area contributed by atoms with Gasteiger partial charge in [0.15, 0.2) is 5.76 Å². The average molecular weight is 351 g/mol. The summed E-state index contributed by atoms with van der Waals surface area (Å²) in [4.78, 5) is 12.1. The lowest BCUT2D eigenvalue weighted by Gasteiger charge is -2.11. The van der Waals surface area contributed by atoms with Gasteiger partial charge in [-0.3, -0.25) is 4.79 Å². The Balaban J connectivity index is 1.96. The van der Waals surface area contributed by atoms with Crippen molar-refractivity contribution in [1.29, 1.82) is 0 Å². The van der Waals surface area contributed by atoms with Gasteiger partial charge in [-0.2, -0.15) is 0 Å². The number of carbonyl (C=O) groups is 1. The Hall–Kier alpha value is -2.19. The number of anilines is 1. The molecule has 1 aromatic carbocycles. The van der Waals surface area contributed by atoms with E-state index in [0.29, 0.717) is 5.69 Å². The fraction of sp³-hybridized carbons (Fsp3) is 0.375. The number of rotatable bonds is 6. The van der Waals surface area contributed by atoms with Crippen LogP contribution in [0.2, 0.25) is 0 Å². The second kappa shape index (κ2) is 7.14. The van der Waals surface area contributed by atoms with Crippen LogP contribution in [0.1, 0.15) is 29.0 Å². The van der Waals surface area contributed by atoms with Gasteiger partial charge in [-0.15, -0.1) is 0 Å². The summed E-state index contributed by atoms with van der Waals surface area (Å²) in [5, 5.41) is 6.45. The summed E-state index contributed by atoms with van der Waals surface area (Å²) in [5.41, 5.74) is 2.97. The fourth-order valence-electron chi connectivity index (χ4n) is 2.44. The molecule has 0 bridgehead atoms. The summed E-state index contributed by atoms with van der Waals surface area (Å²) in [6.45, 7) is 6.88. The van der Waals surface area contributed by atoms with E-state index in [4.69, 9.17) is 4.52 Å². The van der Waals surface area contributed by atoms with Crippen LogP contribution in [-0.4, -0.2) is 26.0 Å². The van der Waals surface area contributed by atoms with Gasteiger partial charge in [-0.05, 0) is 38.8 Å². The van der Waals surface area contributed by atoms with Gasteiger partial charge in [0.1, 0.15) is 10.6 Å². The van der Waals surface area contributed by atoms with Crippen molar-refractivity contribution < 1.29 is 17.7 Å². The van der Waals surface area contributed by atoms with Gasteiger partial charge in [0.25, 0.3) is 0 Å². The highest BCUT2D eigenvalue weighted by molar-refractivity contribution is 7.89. The second-order valence-electron chi connectivity index (χ2n) is 5.62. The first kappa shape index (κ1) is 18.2. The van der Waals surface area contributed by atoms with Crippen LogP contribution >= 0.6 is 0 Å². The first-order valence-electron chi connectivity index (χ1n) is 7.51. The van der Waals surface area contributed by atoms with E-state index in [1.807, 2.05) is 32.0 Å². The van der Waals surface area contributed by atoms with Crippen LogP contribution in [-0.2, 0) is 14.8 Å². The smallest absolute Gasteiger partial charge is 0.245 e. The molecule has 8 heteroatoms. The number of amides is 1. The SMILES string of the molecule is Cc1cccc(C)c1NC(=O)CCNS(=O)(=O)c1c(C)noc1C. The van der Waals surface area contributed by atoms with Crippen LogP contribution in [0.15, 0.2) is 27.6 Å². The van der Waals surface area contributed by atoms with E-state index < -0.39 is 10.0 Å². The molecule has 0 unspecified atom stereocenters. The number of hydrogen-bond donors (Lipinski definition) is 2. The first-order valence-corrected chi connectivity index (χ1v) is 8.99. The number of carbonyl (C=O) groups excluding carboxylic acids is 1. The summed E-state index contributed by atoms with van der Waals surface area (Å²) in [6, 6.07) is 5.73. The minimum Gasteiger partial charge on any atom is -0.360 e. The molecule has 1 aromatic heterocycles. The molecule has 24 heavy (non-hydrogen) atoms. The minimum absolute atomic E-state index is 0.0108. The summed E-state index contributed by atoms with van der Waals surface area (Å²) < 4.78 is 31.7. The zero-order valence-electron chi connectivity index (χ0n) is 14.1. The van der Waals surface area contributed by atoms with Crippen molar-refractivity contribution in [3.8, 4) is 0 Å². The molecule has 0 aliphatic heterocycles. The lowest BCUT2D eigenvalue weighted by atomic mass is 10.1. The number of aryl methyl sites for hydroxylation is 4. The molecular weight excluding hydrogens is 330 g/mol. The zero-order valence-corrected chi connectivity index (χ0v) is 15.0. The molecule has 2 N–H and O–H groups in total. The first-order chi connectivity index (χ1) is 11.2. The monoisotopic (exact) mass is 351 g/mol. The number of sulfonamides is 1. The Bertz CT molecular complexity index is 816. The van der Waals surface area contributed by atoms with Gasteiger partial charge in [-0.25, -0.2) is 13.1 Å². The van der Waals surface area contributed by atoms with E-state index in [1.54, 1.807) is 6.92 Å². The highest BCUT2D eigenvalue weighted by Crippen LogP contribution is 2.20. The molecule has 130 valence electrons. The summed E-state index contributed by atoms with van der Waals surface area (Å²) in [6.07, 6.45) is 0.0242. The quantitative estimate of drug-likeness (QED) is 0.831. The second-order valence-corrected chi connectivity index (χ2v) is 7.32. The van der Waals surface area contributed by atoms with Crippen molar-refractivity contribution in [2.45, 2.75) is 39.0 Å². The average Bonchev–Trinajstić information content (AvgIpc) is 2.82. The standard InChI is InChI=1S/C16H21N3O4S/c1-10-6-5-7-11(2)15(10)18-14(20)8-9-17-24(21,22)16-12(3)19-23-13(16)4/h5-7,17H,8-9H2,1-4H3,(H,18,20). The topological polar surface area (TPSA) is 101 Å². The summed E-state index contributed by atoms with van der Waals surface area (Å²) in [7, 11) is -3.75. The van der Waals surface area contributed by atoms with Gasteiger partial charge >= 0.3 is 0 Å².